The molecule has 160 valence electrons. The van der Waals surface area contributed by atoms with Crippen molar-refractivity contribution in [3.05, 3.63) is 41.2 Å². The van der Waals surface area contributed by atoms with Gasteiger partial charge in [-0.15, -0.1) is 10.2 Å². The molecule has 7 nitrogen and oxygen atoms in total. The van der Waals surface area contributed by atoms with Crippen molar-refractivity contribution in [1.82, 2.24) is 25.0 Å². The first-order valence-electron chi connectivity index (χ1n) is 9.74. The molecule has 0 saturated carbocycles. The number of fused-ring (bicyclic) bond motifs is 1. The van der Waals surface area contributed by atoms with Gasteiger partial charge in [0.1, 0.15) is 5.82 Å². The standard InChI is InChI=1S/C20H23F3N6O/c1-19(2,3)18-24-16-15(17(25-18)28-9-8-13(30)11-28)26-29(27-16)10-12-6-4-5-7-14(12)20(21,22)23/h4-7,13,30H,8-11H2,1-3H3/t13-/m0/s1. The Kier molecular flexibility index (Phi) is 4.92. The number of rotatable bonds is 3. The van der Waals surface area contributed by atoms with Crippen LogP contribution in [0.25, 0.3) is 11.2 Å². The van der Waals surface area contributed by atoms with Gasteiger partial charge >= 0.3 is 6.18 Å². The van der Waals surface area contributed by atoms with Crippen LogP contribution in [-0.2, 0) is 18.1 Å². The molecule has 3 heterocycles. The monoisotopic (exact) mass is 420 g/mol. The molecular formula is C20H23F3N6O. The van der Waals surface area contributed by atoms with Crippen molar-refractivity contribution >= 4 is 17.0 Å². The van der Waals surface area contributed by atoms with Gasteiger partial charge < -0.3 is 10.0 Å². The lowest BCUT2D eigenvalue weighted by Crippen LogP contribution is -2.25. The van der Waals surface area contributed by atoms with Gasteiger partial charge in [0.2, 0.25) is 5.65 Å². The van der Waals surface area contributed by atoms with Gasteiger partial charge in [-0.1, -0.05) is 39.0 Å². The number of benzene rings is 1. The molecule has 0 spiro atoms. The van der Waals surface area contributed by atoms with Crippen LogP contribution in [-0.4, -0.2) is 49.3 Å². The van der Waals surface area contributed by atoms with Crippen LogP contribution in [0.2, 0.25) is 0 Å². The highest BCUT2D eigenvalue weighted by Crippen LogP contribution is 2.33. The molecule has 4 rings (SSSR count). The maximum absolute atomic E-state index is 13.3. The number of aliphatic hydroxyl groups is 1. The molecular weight excluding hydrogens is 397 g/mol. The Morgan fingerprint density at radius 1 is 1.10 bits per heavy atom. The van der Waals surface area contributed by atoms with Gasteiger partial charge in [-0.2, -0.15) is 18.0 Å². The van der Waals surface area contributed by atoms with Crippen molar-refractivity contribution < 1.29 is 18.3 Å². The summed E-state index contributed by atoms with van der Waals surface area (Å²) >= 11 is 0. The number of alkyl halides is 3. The summed E-state index contributed by atoms with van der Waals surface area (Å²) in [6.45, 7) is 6.81. The van der Waals surface area contributed by atoms with E-state index in [0.29, 0.717) is 42.3 Å². The molecule has 0 radical (unpaired) electrons. The van der Waals surface area contributed by atoms with Gasteiger partial charge in [0.15, 0.2) is 11.3 Å². The molecule has 1 aromatic carbocycles. The topological polar surface area (TPSA) is 80.0 Å². The van der Waals surface area contributed by atoms with E-state index < -0.39 is 17.8 Å². The lowest BCUT2D eigenvalue weighted by atomic mass is 9.96. The van der Waals surface area contributed by atoms with Crippen LogP contribution in [0, 0.1) is 0 Å². The Balaban J connectivity index is 1.79. The normalized spacial score (nSPS) is 17.8. The molecule has 1 N–H and O–H groups in total. The van der Waals surface area contributed by atoms with E-state index in [1.54, 1.807) is 6.07 Å². The summed E-state index contributed by atoms with van der Waals surface area (Å²) in [6.07, 6.45) is -4.30. The number of halogens is 3. The van der Waals surface area contributed by atoms with Gasteiger partial charge in [0.05, 0.1) is 18.2 Å². The molecule has 1 atom stereocenters. The van der Waals surface area contributed by atoms with E-state index >= 15 is 0 Å². The number of β-amino-alcohol motifs (C(OH)–C–C–N with tert-alkyl or cyclic N) is 1. The maximum atomic E-state index is 13.3. The summed E-state index contributed by atoms with van der Waals surface area (Å²) in [5, 5.41) is 18.7. The molecule has 0 bridgehead atoms. The molecule has 1 fully saturated rings. The van der Waals surface area contributed by atoms with Crippen molar-refractivity contribution in [2.24, 2.45) is 0 Å². The molecule has 10 heteroatoms. The van der Waals surface area contributed by atoms with Crippen LogP contribution < -0.4 is 4.90 Å². The van der Waals surface area contributed by atoms with Crippen LogP contribution in [0.5, 0.6) is 0 Å². The molecule has 1 saturated heterocycles. The van der Waals surface area contributed by atoms with Crippen molar-refractivity contribution in [2.75, 3.05) is 18.0 Å². The van der Waals surface area contributed by atoms with Crippen LogP contribution in [0.1, 0.15) is 44.1 Å². The summed E-state index contributed by atoms with van der Waals surface area (Å²) < 4.78 is 40.0. The smallest absolute Gasteiger partial charge is 0.391 e. The summed E-state index contributed by atoms with van der Waals surface area (Å²) in [6, 6.07) is 5.38. The highest BCUT2D eigenvalue weighted by atomic mass is 19.4. The minimum absolute atomic E-state index is 0.0763. The number of hydrogen-bond acceptors (Lipinski definition) is 6. The lowest BCUT2D eigenvalue weighted by molar-refractivity contribution is -0.138. The Morgan fingerprint density at radius 2 is 1.83 bits per heavy atom. The van der Waals surface area contributed by atoms with Crippen molar-refractivity contribution in [3.63, 3.8) is 0 Å². The quantitative estimate of drug-likeness (QED) is 0.701. The molecule has 3 aromatic rings. The SMILES string of the molecule is CC(C)(C)c1nc(N2CC[C@H](O)C2)c2nn(Cc3ccccc3C(F)(F)F)nc2n1. The van der Waals surface area contributed by atoms with Gasteiger partial charge in [-0.3, -0.25) is 0 Å². The van der Waals surface area contributed by atoms with E-state index in [2.05, 4.69) is 20.2 Å². The van der Waals surface area contributed by atoms with Gasteiger partial charge in [0, 0.05) is 18.5 Å². The fourth-order valence-electron chi connectivity index (χ4n) is 3.49. The van der Waals surface area contributed by atoms with Crippen LogP contribution >= 0.6 is 0 Å². The first-order chi connectivity index (χ1) is 14.0. The van der Waals surface area contributed by atoms with Gasteiger partial charge in [-0.25, -0.2) is 9.97 Å². The van der Waals surface area contributed by atoms with Gasteiger partial charge in [0.25, 0.3) is 0 Å². The zero-order valence-electron chi connectivity index (χ0n) is 17.0. The highest BCUT2D eigenvalue weighted by molar-refractivity contribution is 5.82. The molecule has 0 unspecified atom stereocenters. The van der Waals surface area contributed by atoms with Crippen LogP contribution in [0.3, 0.4) is 0 Å². The summed E-state index contributed by atoms with van der Waals surface area (Å²) in [5.74, 6) is 1.12. The highest BCUT2D eigenvalue weighted by Gasteiger charge is 2.33. The molecule has 1 aliphatic rings. The number of nitrogens with zero attached hydrogens (tertiary/aromatic N) is 6. The minimum Gasteiger partial charge on any atom is -0.391 e. The van der Waals surface area contributed by atoms with Crippen molar-refractivity contribution in [3.8, 4) is 0 Å². The second kappa shape index (κ2) is 7.19. The largest absolute Gasteiger partial charge is 0.416 e. The fourth-order valence-corrected chi connectivity index (χ4v) is 3.49. The second-order valence-electron chi connectivity index (χ2n) is 8.57. The zero-order valence-corrected chi connectivity index (χ0v) is 17.0. The number of aliphatic hydroxyl groups excluding tert-OH is 1. The molecule has 1 aliphatic heterocycles. The minimum atomic E-state index is -4.46. The van der Waals surface area contributed by atoms with E-state index in [1.165, 1.54) is 16.9 Å². The van der Waals surface area contributed by atoms with Crippen LogP contribution in [0.15, 0.2) is 24.3 Å². The Labute approximate surface area is 171 Å². The average molecular weight is 420 g/mol. The second-order valence-corrected chi connectivity index (χ2v) is 8.57. The van der Waals surface area contributed by atoms with E-state index in [4.69, 9.17) is 0 Å². The van der Waals surface area contributed by atoms with E-state index in [9.17, 15) is 18.3 Å². The van der Waals surface area contributed by atoms with E-state index in [0.717, 1.165) is 6.07 Å². The average Bonchev–Trinajstić information content (AvgIpc) is 3.25. The lowest BCUT2D eigenvalue weighted by Gasteiger charge is -2.21. The third kappa shape index (κ3) is 3.96. The molecule has 2 aromatic heterocycles. The third-order valence-corrected chi connectivity index (χ3v) is 5.04. The summed E-state index contributed by atoms with van der Waals surface area (Å²) in [5.41, 5.74) is -0.242. The first-order valence-corrected chi connectivity index (χ1v) is 9.74. The Hall–Kier alpha value is -2.75. The van der Waals surface area contributed by atoms with E-state index in [1.807, 2.05) is 25.7 Å². The van der Waals surface area contributed by atoms with Crippen molar-refractivity contribution in [1.29, 1.82) is 0 Å². The first kappa shape index (κ1) is 20.5. The zero-order chi connectivity index (χ0) is 21.7. The fraction of sp³-hybridized carbons (Fsp3) is 0.500. The predicted molar refractivity (Wildman–Crippen MR) is 105 cm³/mol. The maximum Gasteiger partial charge on any atom is 0.416 e. The molecule has 0 amide bonds. The third-order valence-electron chi connectivity index (χ3n) is 5.04. The summed E-state index contributed by atoms with van der Waals surface area (Å²) in [4.78, 5) is 12.3. The molecule has 30 heavy (non-hydrogen) atoms. The predicted octanol–water partition coefficient (Wildman–Crippen LogP) is 3.16. The Bertz CT molecular complexity index is 1070. The Morgan fingerprint density at radius 3 is 2.47 bits per heavy atom. The van der Waals surface area contributed by atoms with E-state index in [-0.39, 0.29) is 17.5 Å². The number of aromatic nitrogens is 5. The number of anilines is 1. The van der Waals surface area contributed by atoms with Crippen molar-refractivity contribution in [2.45, 2.75) is 51.4 Å². The molecule has 0 aliphatic carbocycles. The van der Waals surface area contributed by atoms with Crippen LogP contribution in [0.4, 0.5) is 19.0 Å². The van der Waals surface area contributed by atoms with Gasteiger partial charge in [-0.05, 0) is 18.1 Å². The number of hydrogen-bond donors (Lipinski definition) is 1. The summed E-state index contributed by atoms with van der Waals surface area (Å²) in [7, 11) is 0.